The van der Waals surface area contributed by atoms with Crippen molar-refractivity contribution in [3.63, 3.8) is 0 Å². The Morgan fingerprint density at radius 3 is 2.40 bits per heavy atom. The Kier molecular flexibility index (Phi) is 3.24. The van der Waals surface area contributed by atoms with Crippen molar-refractivity contribution in [2.24, 2.45) is 0 Å². The maximum atomic E-state index is 11.9. The largest absolute Gasteiger partial charge is 0.534 e. The highest BCUT2D eigenvalue weighted by molar-refractivity contribution is 9.10. The van der Waals surface area contributed by atoms with E-state index < -0.39 is 21.4 Å². The number of halogens is 4. The second-order valence-electron chi connectivity index (χ2n) is 2.32. The maximum Gasteiger partial charge on any atom is 0.534 e. The Morgan fingerprint density at radius 1 is 1.33 bits per heavy atom. The van der Waals surface area contributed by atoms with Gasteiger partial charge in [0.15, 0.2) is 5.75 Å². The fraction of sp³-hybridized carbons (Fsp3) is 0.167. The van der Waals surface area contributed by atoms with Gasteiger partial charge in [-0.25, -0.2) is 0 Å². The molecule has 0 fully saturated rings. The molecule has 84 valence electrons. The number of rotatable bonds is 2. The lowest BCUT2D eigenvalue weighted by Crippen LogP contribution is -2.28. The third kappa shape index (κ3) is 3.06. The smallest absolute Gasteiger partial charge is 0.374 e. The molecule has 0 aliphatic carbocycles. The van der Waals surface area contributed by atoms with Gasteiger partial charge in [0.25, 0.3) is 0 Å². The molecule has 0 N–H and O–H groups in total. The van der Waals surface area contributed by atoms with Crippen molar-refractivity contribution in [2.45, 2.75) is 5.51 Å². The van der Waals surface area contributed by atoms with Gasteiger partial charge in [-0.05, 0) is 22.0 Å². The fourth-order valence-electron chi connectivity index (χ4n) is 0.612. The van der Waals surface area contributed by atoms with Crippen molar-refractivity contribution in [3.05, 3.63) is 22.9 Å². The van der Waals surface area contributed by atoms with Gasteiger partial charge in [-0.3, -0.25) is 4.98 Å². The van der Waals surface area contributed by atoms with E-state index >= 15 is 0 Å². The van der Waals surface area contributed by atoms with Gasteiger partial charge in [0.05, 0.1) is 6.20 Å². The highest BCUT2D eigenvalue weighted by Gasteiger charge is 2.48. The Balaban J connectivity index is 2.98. The first-order valence-corrected chi connectivity index (χ1v) is 5.54. The SMILES string of the molecule is O=S(=O)(Oc1cncc(Br)c1)C(F)(F)F. The lowest BCUT2D eigenvalue weighted by molar-refractivity contribution is -0.0500. The van der Waals surface area contributed by atoms with E-state index in [4.69, 9.17) is 0 Å². The Hall–Kier alpha value is -0.830. The Labute approximate surface area is 91.3 Å². The second-order valence-corrected chi connectivity index (χ2v) is 4.78. The van der Waals surface area contributed by atoms with Crippen LogP contribution in [0, 0.1) is 0 Å². The van der Waals surface area contributed by atoms with Crippen LogP contribution >= 0.6 is 15.9 Å². The van der Waals surface area contributed by atoms with Gasteiger partial charge in [-0.15, -0.1) is 0 Å². The average molecular weight is 306 g/mol. The van der Waals surface area contributed by atoms with E-state index in [0.29, 0.717) is 4.47 Å². The molecule has 0 saturated carbocycles. The summed E-state index contributed by atoms with van der Waals surface area (Å²) in [5.41, 5.74) is -5.45. The number of alkyl halides is 3. The number of hydrogen-bond donors (Lipinski definition) is 0. The van der Waals surface area contributed by atoms with Gasteiger partial charge in [-0.2, -0.15) is 21.6 Å². The molecule has 1 heterocycles. The van der Waals surface area contributed by atoms with E-state index in [1.54, 1.807) is 0 Å². The molecule has 0 radical (unpaired) electrons. The summed E-state index contributed by atoms with van der Waals surface area (Å²) in [5, 5.41) is 0. The lowest BCUT2D eigenvalue weighted by Gasteiger charge is -2.08. The molecule has 0 amide bonds. The molecule has 0 saturated heterocycles. The molecular formula is C6H3BrF3NO3S. The first-order valence-electron chi connectivity index (χ1n) is 3.34. The van der Waals surface area contributed by atoms with Gasteiger partial charge < -0.3 is 4.18 Å². The van der Waals surface area contributed by atoms with Gasteiger partial charge in [0.2, 0.25) is 0 Å². The van der Waals surface area contributed by atoms with E-state index in [2.05, 4.69) is 25.1 Å². The predicted molar refractivity (Wildman–Crippen MR) is 47.5 cm³/mol. The first-order chi connectivity index (χ1) is 6.72. The van der Waals surface area contributed by atoms with Gasteiger partial charge in [-0.1, -0.05) is 0 Å². The lowest BCUT2D eigenvalue weighted by atomic mass is 10.5. The number of hydrogen-bond acceptors (Lipinski definition) is 4. The van der Waals surface area contributed by atoms with Crippen LogP contribution in [0.4, 0.5) is 13.2 Å². The van der Waals surface area contributed by atoms with E-state index in [-0.39, 0.29) is 0 Å². The minimum atomic E-state index is -5.63. The van der Waals surface area contributed by atoms with Crippen LogP contribution in [0.5, 0.6) is 5.75 Å². The summed E-state index contributed by atoms with van der Waals surface area (Å²) >= 11 is 2.90. The number of nitrogens with zero attached hydrogens (tertiary/aromatic N) is 1. The van der Waals surface area contributed by atoms with E-state index in [9.17, 15) is 21.6 Å². The molecule has 15 heavy (non-hydrogen) atoms. The third-order valence-corrected chi connectivity index (χ3v) is 2.58. The Morgan fingerprint density at radius 2 is 1.93 bits per heavy atom. The molecule has 0 spiro atoms. The van der Waals surface area contributed by atoms with Crippen molar-refractivity contribution in [1.82, 2.24) is 4.98 Å². The minimum absolute atomic E-state index is 0.303. The normalized spacial score (nSPS) is 12.5. The van der Waals surface area contributed by atoms with Crippen molar-refractivity contribution in [3.8, 4) is 5.75 Å². The molecule has 0 unspecified atom stereocenters. The summed E-state index contributed by atoms with van der Waals surface area (Å²) in [7, 11) is -5.63. The molecule has 4 nitrogen and oxygen atoms in total. The molecule has 0 aliphatic heterocycles. The highest BCUT2D eigenvalue weighted by Crippen LogP contribution is 2.27. The average Bonchev–Trinajstić information content (AvgIpc) is 2.00. The van der Waals surface area contributed by atoms with Gasteiger partial charge in [0, 0.05) is 10.7 Å². The topological polar surface area (TPSA) is 56.3 Å². The number of pyridine rings is 1. The van der Waals surface area contributed by atoms with Crippen LogP contribution in [0.25, 0.3) is 0 Å². The van der Waals surface area contributed by atoms with E-state index in [1.807, 2.05) is 0 Å². The summed E-state index contributed by atoms with van der Waals surface area (Å²) in [4.78, 5) is 3.45. The van der Waals surface area contributed by atoms with Crippen molar-refractivity contribution in [2.75, 3.05) is 0 Å². The van der Waals surface area contributed by atoms with Crippen LogP contribution in [0.15, 0.2) is 22.9 Å². The Bertz CT molecular complexity index is 459. The highest BCUT2D eigenvalue weighted by atomic mass is 79.9. The first kappa shape index (κ1) is 12.2. The molecule has 1 rings (SSSR count). The standard InChI is InChI=1S/C6H3BrF3NO3S/c7-4-1-5(3-11-2-4)14-15(12,13)6(8,9)10/h1-3H. The summed E-state index contributed by atoms with van der Waals surface area (Å²) < 4.78 is 60.8. The van der Waals surface area contributed by atoms with Crippen molar-refractivity contribution < 1.29 is 25.8 Å². The summed E-state index contributed by atoms with van der Waals surface area (Å²) in [6, 6.07) is 1.05. The zero-order chi connectivity index (χ0) is 11.7. The van der Waals surface area contributed by atoms with Gasteiger partial charge >= 0.3 is 15.6 Å². The monoisotopic (exact) mass is 305 g/mol. The van der Waals surface area contributed by atoms with Crippen LogP contribution in [0.1, 0.15) is 0 Å². The van der Waals surface area contributed by atoms with Crippen LogP contribution in [0.2, 0.25) is 0 Å². The zero-order valence-corrected chi connectivity index (χ0v) is 9.23. The fourth-order valence-corrected chi connectivity index (χ4v) is 1.39. The van der Waals surface area contributed by atoms with E-state index in [1.165, 1.54) is 6.20 Å². The molecule has 9 heteroatoms. The minimum Gasteiger partial charge on any atom is -0.374 e. The van der Waals surface area contributed by atoms with Crippen LogP contribution < -0.4 is 4.18 Å². The van der Waals surface area contributed by atoms with E-state index in [0.717, 1.165) is 12.3 Å². The van der Waals surface area contributed by atoms with Crippen LogP contribution in [-0.4, -0.2) is 18.9 Å². The molecule has 0 aromatic carbocycles. The summed E-state index contributed by atoms with van der Waals surface area (Å²) in [5.74, 6) is -0.512. The molecule has 1 aromatic heterocycles. The third-order valence-electron chi connectivity index (χ3n) is 1.17. The molecule has 0 atom stereocenters. The summed E-state index contributed by atoms with van der Waals surface area (Å²) in [6.45, 7) is 0. The van der Waals surface area contributed by atoms with Crippen LogP contribution in [0.3, 0.4) is 0 Å². The maximum absolute atomic E-state index is 11.9. The predicted octanol–water partition coefficient (Wildman–Crippen LogP) is 2.07. The second kappa shape index (κ2) is 3.97. The van der Waals surface area contributed by atoms with Crippen molar-refractivity contribution >= 4 is 26.0 Å². The summed E-state index contributed by atoms with van der Waals surface area (Å²) in [6.07, 6.45) is 2.13. The molecule has 1 aromatic rings. The quantitative estimate of drug-likeness (QED) is 0.620. The molecule has 0 bridgehead atoms. The van der Waals surface area contributed by atoms with Crippen molar-refractivity contribution in [1.29, 1.82) is 0 Å². The zero-order valence-electron chi connectivity index (χ0n) is 6.82. The van der Waals surface area contributed by atoms with Gasteiger partial charge in [0.1, 0.15) is 0 Å². The molecule has 0 aliphatic rings. The molecular weight excluding hydrogens is 303 g/mol. The number of aromatic nitrogens is 1. The van der Waals surface area contributed by atoms with Crippen LogP contribution in [-0.2, 0) is 10.1 Å².